The Hall–Kier alpha value is -3.30. The first-order valence-electron chi connectivity index (χ1n) is 11.2. The molecule has 0 atom stereocenters. The molecule has 1 saturated carbocycles. The zero-order chi connectivity index (χ0) is 23.5. The first-order chi connectivity index (χ1) is 16.6. The molecule has 2 fully saturated rings. The summed E-state index contributed by atoms with van der Waals surface area (Å²) in [6.45, 7) is 0. The number of amidine groups is 1. The van der Waals surface area contributed by atoms with Crippen LogP contribution in [0.2, 0.25) is 0 Å². The third-order valence-corrected chi connectivity index (χ3v) is 7.67. The molecule has 2 aromatic carbocycles. The molecule has 2 aliphatic rings. The number of aliphatic imine (C=N–C) groups is 1. The largest absolute Gasteiger partial charge is 0.283 e. The normalized spacial score (nSPS) is 19.3. The number of nitro benzene ring substituents is 1. The molecule has 34 heavy (non-hydrogen) atoms. The lowest BCUT2D eigenvalue weighted by atomic mass is 9.94. The van der Waals surface area contributed by atoms with Crippen molar-refractivity contribution in [1.82, 2.24) is 9.88 Å². The van der Waals surface area contributed by atoms with Gasteiger partial charge in [-0.25, -0.2) is 4.98 Å². The van der Waals surface area contributed by atoms with Crippen LogP contribution in [-0.4, -0.2) is 31.9 Å². The Kier molecular flexibility index (Phi) is 6.55. The fraction of sp³-hybridized carbons (Fsp3) is 0.240. The van der Waals surface area contributed by atoms with Crippen LogP contribution < -0.4 is 0 Å². The summed E-state index contributed by atoms with van der Waals surface area (Å²) in [6, 6.07) is 16.5. The number of nitrogens with zero attached hydrogens (tertiary/aromatic N) is 4. The number of hydrogen-bond acceptors (Lipinski definition) is 7. The first-order valence-corrected chi connectivity index (χ1v) is 12.9. The number of amides is 1. The summed E-state index contributed by atoms with van der Waals surface area (Å²) in [7, 11) is 0. The molecule has 172 valence electrons. The number of carbonyl (C=O) groups is 1. The molecule has 1 aliphatic heterocycles. The molecule has 1 amide bonds. The molecule has 0 bridgehead atoms. The van der Waals surface area contributed by atoms with E-state index in [1.54, 1.807) is 29.2 Å². The summed E-state index contributed by atoms with van der Waals surface area (Å²) >= 11 is 2.70. The molecule has 7 nitrogen and oxygen atoms in total. The van der Waals surface area contributed by atoms with Crippen LogP contribution in [0.15, 0.2) is 69.9 Å². The summed E-state index contributed by atoms with van der Waals surface area (Å²) < 4.78 is 0. The van der Waals surface area contributed by atoms with Crippen molar-refractivity contribution in [3.63, 3.8) is 0 Å². The predicted octanol–water partition coefficient (Wildman–Crippen LogP) is 6.66. The molecule has 3 aromatic rings. The van der Waals surface area contributed by atoms with Crippen LogP contribution in [-0.2, 0) is 4.79 Å². The number of carbonyl (C=O) groups excluding carboxylic acids is 1. The maximum absolute atomic E-state index is 13.5. The quantitative estimate of drug-likeness (QED) is 0.227. The second-order valence-corrected chi connectivity index (χ2v) is 10.0. The van der Waals surface area contributed by atoms with Crippen molar-refractivity contribution in [3.8, 4) is 11.3 Å². The van der Waals surface area contributed by atoms with Crippen LogP contribution in [0, 0.1) is 10.1 Å². The monoisotopic (exact) mass is 490 g/mol. The molecular formula is C25H22N4O3S2. The van der Waals surface area contributed by atoms with Crippen molar-refractivity contribution in [2.45, 2.75) is 38.1 Å². The molecule has 0 spiro atoms. The van der Waals surface area contributed by atoms with Gasteiger partial charge in [-0.15, -0.1) is 11.3 Å². The van der Waals surface area contributed by atoms with Gasteiger partial charge in [-0.05, 0) is 36.7 Å². The van der Waals surface area contributed by atoms with Crippen molar-refractivity contribution in [1.29, 1.82) is 0 Å². The minimum Gasteiger partial charge on any atom is -0.283 e. The molecule has 0 radical (unpaired) electrons. The van der Waals surface area contributed by atoms with Gasteiger partial charge in [-0.3, -0.25) is 19.8 Å². The van der Waals surface area contributed by atoms with Crippen molar-refractivity contribution < 1.29 is 9.72 Å². The Balaban J connectivity index is 1.51. The van der Waals surface area contributed by atoms with Crippen molar-refractivity contribution in [2.24, 2.45) is 4.99 Å². The van der Waals surface area contributed by atoms with Crippen LogP contribution in [0.3, 0.4) is 0 Å². The number of benzene rings is 2. The Morgan fingerprint density at radius 2 is 1.79 bits per heavy atom. The Bertz CT molecular complexity index is 1280. The van der Waals surface area contributed by atoms with Gasteiger partial charge < -0.3 is 0 Å². The van der Waals surface area contributed by atoms with Gasteiger partial charge in [-0.2, -0.15) is 4.99 Å². The molecule has 1 saturated heterocycles. The molecule has 2 heterocycles. The summed E-state index contributed by atoms with van der Waals surface area (Å²) in [5, 5.41) is 14.6. The summed E-state index contributed by atoms with van der Waals surface area (Å²) in [5.41, 5.74) is 2.25. The Morgan fingerprint density at radius 1 is 1.06 bits per heavy atom. The van der Waals surface area contributed by atoms with E-state index in [1.165, 1.54) is 35.6 Å². The SMILES string of the molecule is O=C1/C(=C/c2ccccc2[N+](=O)[O-])S/C(=N/c2nc(-c3ccccc3)cs2)N1C1CCCCC1. The standard InChI is InChI=1S/C25H22N4O3S2/c30-23-22(15-18-11-7-8-14-21(18)29(31)32)34-25(28(23)19-12-5-2-6-13-19)27-24-26-20(16-33-24)17-9-3-1-4-10-17/h1,3-4,7-11,14-16,19H,2,5-6,12-13H2/b22-15-,27-25+. The number of thiazole rings is 1. The maximum Gasteiger partial charge on any atom is 0.276 e. The lowest BCUT2D eigenvalue weighted by molar-refractivity contribution is -0.385. The van der Waals surface area contributed by atoms with E-state index in [0.29, 0.717) is 20.8 Å². The lowest BCUT2D eigenvalue weighted by Gasteiger charge is -2.30. The Labute approximate surface area is 205 Å². The van der Waals surface area contributed by atoms with Crippen LogP contribution in [0.5, 0.6) is 0 Å². The highest BCUT2D eigenvalue weighted by atomic mass is 32.2. The van der Waals surface area contributed by atoms with Crippen LogP contribution in [0.1, 0.15) is 37.7 Å². The molecule has 9 heteroatoms. The van der Waals surface area contributed by atoms with Crippen molar-refractivity contribution in [3.05, 3.63) is 80.6 Å². The first kappa shape index (κ1) is 22.5. The maximum atomic E-state index is 13.5. The zero-order valence-corrected chi connectivity index (χ0v) is 19.9. The van der Waals surface area contributed by atoms with Crippen molar-refractivity contribution >= 4 is 51.1 Å². The molecule has 5 rings (SSSR count). The second kappa shape index (κ2) is 9.90. The van der Waals surface area contributed by atoms with E-state index in [-0.39, 0.29) is 17.6 Å². The van der Waals surface area contributed by atoms with E-state index >= 15 is 0 Å². The average Bonchev–Trinajstić information content (AvgIpc) is 3.45. The van der Waals surface area contributed by atoms with E-state index in [1.807, 2.05) is 35.7 Å². The summed E-state index contributed by atoms with van der Waals surface area (Å²) in [4.78, 5) is 36.2. The molecule has 0 unspecified atom stereocenters. The van der Waals surface area contributed by atoms with E-state index in [4.69, 9.17) is 4.99 Å². The molecule has 0 N–H and O–H groups in total. The van der Waals surface area contributed by atoms with Gasteiger partial charge in [0.05, 0.1) is 21.1 Å². The fourth-order valence-electron chi connectivity index (χ4n) is 4.28. The highest BCUT2D eigenvalue weighted by Crippen LogP contribution is 2.40. The van der Waals surface area contributed by atoms with Crippen molar-refractivity contribution in [2.75, 3.05) is 0 Å². The number of aromatic nitrogens is 1. The minimum atomic E-state index is -0.426. The highest BCUT2D eigenvalue weighted by Gasteiger charge is 2.39. The lowest BCUT2D eigenvalue weighted by Crippen LogP contribution is -2.40. The van der Waals surface area contributed by atoms with Crippen LogP contribution in [0.25, 0.3) is 17.3 Å². The fourth-order valence-corrected chi connectivity index (χ4v) is 6.07. The van der Waals surface area contributed by atoms with Gasteiger partial charge in [0.1, 0.15) is 0 Å². The third-order valence-electron chi connectivity index (χ3n) is 5.95. The van der Waals surface area contributed by atoms with Gasteiger partial charge in [0.2, 0.25) is 5.13 Å². The van der Waals surface area contributed by atoms with E-state index < -0.39 is 4.92 Å². The Morgan fingerprint density at radius 3 is 2.56 bits per heavy atom. The molecule has 1 aromatic heterocycles. The summed E-state index contributed by atoms with van der Waals surface area (Å²) in [6.07, 6.45) is 6.79. The van der Waals surface area contributed by atoms with Crippen LogP contribution in [0.4, 0.5) is 10.8 Å². The average molecular weight is 491 g/mol. The predicted molar refractivity (Wildman–Crippen MR) is 137 cm³/mol. The number of thioether (sulfide) groups is 1. The number of rotatable bonds is 5. The van der Waals surface area contributed by atoms with Gasteiger partial charge in [0, 0.05) is 23.1 Å². The minimum absolute atomic E-state index is 0.0227. The van der Waals surface area contributed by atoms with E-state index in [9.17, 15) is 14.9 Å². The smallest absolute Gasteiger partial charge is 0.276 e. The van der Waals surface area contributed by atoms with Gasteiger partial charge in [0.15, 0.2) is 5.17 Å². The molecular weight excluding hydrogens is 468 g/mol. The van der Waals surface area contributed by atoms with E-state index in [2.05, 4.69) is 4.98 Å². The summed E-state index contributed by atoms with van der Waals surface area (Å²) in [5.74, 6) is -0.145. The van der Waals surface area contributed by atoms with Gasteiger partial charge in [-0.1, -0.05) is 61.7 Å². The number of hydrogen-bond donors (Lipinski definition) is 0. The number of nitro groups is 1. The topological polar surface area (TPSA) is 88.7 Å². The third kappa shape index (κ3) is 4.67. The van der Waals surface area contributed by atoms with Gasteiger partial charge in [0.25, 0.3) is 11.6 Å². The number of para-hydroxylation sites is 1. The zero-order valence-electron chi connectivity index (χ0n) is 18.3. The van der Waals surface area contributed by atoms with E-state index in [0.717, 1.165) is 36.9 Å². The molecule has 1 aliphatic carbocycles. The van der Waals surface area contributed by atoms with Crippen LogP contribution >= 0.6 is 23.1 Å². The van der Waals surface area contributed by atoms with Gasteiger partial charge >= 0.3 is 0 Å². The highest BCUT2D eigenvalue weighted by molar-refractivity contribution is 8.18. The second-order valence-electron chi connectivity index (χ2n) is 8.17.